The van der Waals surface area contributed by atoms with Crippen LogP contribution in [0.2, 0.25) is 0 Å². The second-order valence-corrected chi connectivity index (χ2v) is 5.08. The fourth-order valence-electron chi connectivity index (χ4n) is 1.01. The van der Waals surface area contributed by atoms with Crippen molar-refractivity contribution in [2.45, 2.75) is 25.9 Å². The molecule has 1 rings (SSSR count). The van der Waals surface area contributed by atoms with Gasteiger partial charge in [0.2, 0.25) is 0 Å². The van der Waals surface area contributed by atoms with Crippen LogP contribution in [0.25, 0.3) is 0 Å². The van der Waals surface area contributed by atoms with E-state index in [9.17, 15) is 8.42 Å². The summed E-state index contributed by atoms with van der Waals surface area (Å²) in [5, 5.41) is 0. The average Bonchev–Trinajstić information content (AvgIpc) is 1.84. The minimum absolute atomic E-state index is 0.00782. The summed E-state index contributed by atoms with van der Waals surface area (Å²) < 4.78 is 26.6. The molecular formula is C7H14O3S. The van der Waals surface area contributed by atoms with Crippen LogP contribution in [0.1, 0.15) is 19.8 Å². The van der Waals surface area contributed by atoms with Crippen molar-refractivity contribution in [3.05, 3.63) is 0 Å². The summed E-state index contributed by atoms with van der Waals surface area (Å²) in [4.78, 5) is 0. The molecule has 1 heterocycles. The molecule has 11 heavy (non-hydrogen) atoms. The highest BCUT2D eigenvalue weighted by Crippen LogP contribution is 2.14. The lowest BCUT2D eigenvalue weighted by atomic mass is 10.3. The molecule has 3 nitrogen and oxygen atoms in total. The van der Waals surface area contributed by atoms with Crippen LogP contribution in [0.3, 0.4) is 0 Å². The number of unbranched alkanes of at least 4 members (excludes halogenated alkanes) is 1. The van der Waals surface area contributed by atoms with Crippen LogP contribution in [-0.4, -0.2) is 32.6 Å². The van der Waals surface area contributed by atoms with Crippen molar-refractivity contribution in [3.8, 4) is 0 Å². The first kappa shape index (κ1) is 9.00. The maximum atomic E-state index is 10.6. The normalized spacial score (nSPS) is 23.0. The van der Waals surface area contributed by atoms with Crippen molar-refractivity contribution in [1.29, 1.82) is 0 Å². The van der Waals surface area contributed by atoms with E-state index in [2.05, 4.69) is 6.92 Å². The van der Waals surface area contributed by atoms with E-state index in [0.29, 0.717) is 6.61 Å². The molecule has 0 spiro atoms. The minimum atomic E-state index is -2.69. The Balaban J connectivity index is 2.05. The van der Waals surface area contributed by atoms with E-state index in [4.69, 9.17) is 4.74 Å². The quantitative estimate of drug-likeness (QED) is 0.592. The zero-order chi connectivity index (χ0) is 8.32. The predicted octanol–water partition coefficient (Wildman–Crippen LogP) is 0.600. The molecule has 4 heteroatoms. The van der Waals surface area contributed by atoms with Crippen molar-refractivity contribution in [2.75, 3.05) is 18.1 Å². The third-order valence-corrected chi connectivity index (χ3v) is 3.49. The van der Waals surface area contributed by atoms with Gasteiger partial charge < -0.3 is 4.74 Å². The SMILES string of the molecule is CCCCOC1CS(=O)(=O)C1. The maximum Gasteiger partial charge on any atom is 0.155 e. The molecular weight excluding hydrogens is 164 g/mol. The molecule has 0 saturated carbocycles. The monoisotopic (exact) mass is 178 g/mol. The van der Waals surface area contributed by atoms with Gasteiger partial charge in [0, 0.05) is 6.61 Å². The maximum absolute atomic E-state index is 10.6. The number of sulfone groups is 1. The summed E-state index contributed by atoms with van der Waals surface area (Å²) in [6, 6.07) is 0. The number of rotatable bonds is 4. The Morgan fingerprint density at radius 1 is 1.45 bits per heavy atom. The number of hydrogen-bond donors (Lipinski definition) is 0. The van der Waals surface area contributed by atoms with Gasteiger partial charge in [-0.15, -0.1) is 0 Å². The van der Waals surface area contributed by atoms with E-state index < -0.39 is 9.84 Å². The first-order valence-electron chi connectivity index (χ1n) is 3.96. The standard InChI is InChI=1S/C7H14O3S/c1-2-3-4-10-7-5-11(8,9)6-7/h7H,2-6H2,1H3. The summed E-state index contributed by atoms with van der Waals surface area (Å²) in [5.74, 6) is 0.466. The molecule has 66 valence electrons. The van der Waals surface area contributed by atoms with Gasteiger partial charge in [0.1, 0.15) is 0 Å². The Kier molecular flexibility index (Phi) is 2.90. The van der Waals surface area contributed by atoms with Crippen LogP contribution in [0.4, 0.5) is 0 Å². The van der Waals surface area contributed by atoms with Gasteiger partial charge in [-0.1, -0.05) is 13.3 Å². The number of ether oxygens (including phenoxy) is 1. The lowest BCUT2D eigenvalue weighted by molar-refractivity contribution is 0.0712. The van der Waals surface area contributed by atoms with Crippen LogP contribution in [0.15, 0.2) is 0 Å². The van der Waals surface area contributed by atoms with E-state index in [0.717, 1.165) is 12.8 Å². The predicted molar refractivity (Wildman–Crippen MR) is 43.3 cm³/mol. The van der Waals surface area contributed by atoms with Gasteiger partial charge in [0.05, 0.1) is 17.6 Å². The van der Waals surface area contributed by atoms with Gasteiger partial charge in [-0.25, -0.2) is 8.42 Å². The summed E-state index contributed by atoms with van der Waals surface area (Å²) >= 11 is 0. The van der Waals surface area contributed by atoms with E-state index in [1.807, 2.05) is 0 Å². The van der Waals surface area contributed by atoms with Gasteiger partial charge in [0.15, 0.2) is 9.84 Å². The zero-order valence-corrected chi connectivity index (χ0v) is 7.56. The van der Waals surface area contributed by atoms with Crippen LogP contribution < -0.4 is 0 Å². The van der Waals surface area contributed by atoms with Crippen molar-refractivity contribution >= 4 is 9.84 Å². The molecule has 1 saturated heterocycles. The molecule has 0 aromatic rings. The molecule has 0 aliphatic carbocycles. The topological polar surface area (TPSA) is 43.4 Å². The van der Waals surface area contributed by atoms with E-state index >= 15 is 0 Å². The molecule has 0 atom stereocenters. The van der Waals surface area contributed by atoms with Crippen molar-refractivity contribution in [1.82, 2.24) is 0 Å². The lowest BCUT2D eigenvalue weighted by Crippen LogP contribution is -2.43. The molecule has 1 aliphatic rings. The van der Waals surface area contributed by atoms with E-state index in [1.165, 1.54) is 0 Å². The Morgan fingerprint density at radius 2 is 2.09 bits per heavy atom. The van der Waals surface area contributed by atoms with Gasteiger partial charge in [-0.2, -0.15) is 0 Å². The summed E-state index contributed by atoms with van der Waals surface area (Å²) in [6.45, 7) is 2.79. The van der Waals surface area contributed by atoms with Gasteiger partial charge >= 0.3 is 0 Å². The van der Waals surface area contributed by atoms with Crippen LogP contribution in [-0.2, 0) is 14.6 Å². The van der Waals surface area contributed by atoms with Crippen molar-refractivity contribution in [3.63, 3.8) is 0 Å². The van der Waals surface area contributed by atoms with Crippen LogP contribution in [0, 0.1) is 0 Å². The third kappa shape index (κ3) is 2.79. The third-order valence-electron chi connectivity index (χ3n) is 1.73. The zero-order valence-electron chi connectivity index (χ0n) is 6.75. The lowest BCUT2D eigenvalue weighted by Gasteiger charge is -2.25. The molecule has 0 bridgehead atoms. The highest BCUT2D eigenvalue weighted by atomic mass is 32.2. The fraction of sp³-hybridized carbons (Fsp3) is 1.00. The van der Waals surface area contributed by atoms with E-state index in [1.54, 1.807) is 0 Å². The van der Waals surface area contributed by atoms with Gasteiger partial charge in [0.25, 0.3) is 0 Å². The highest BCUT2D eigenvalue weighted by molar-refractivity contribution is 7.92. The summed E-state index contributed by atoms with van der Waals surface area (Å²) in [6.07, 6.45) is 2.11. The van der Waals surface area contributed by atoms with Crippen molar-refractivity contribution < 1.29 is 13.2 Å². The molecule has 1 aliphatic heterocycles. The summed E-state index contributed by atoms with van der Waals surface area (Å²) in [7, 11) is -2.69. The molecule has 0 unspecified atom stereocenters. The summed E-state index contributed by atoms with van der Waals surface area (Å²) in [5.41, 5.74) is 0. The Hall–Kier alpha value is -0.0900. The Bertz CT molecular complexity index is 196. The average molecular weight is 178 g/mol. The second-order valence-electron chi connectivity index (χ2n) is 2.92. The fourth-order valence-corrected chi connectivity index (χ4v) is 2.24. The van der Waals surface area contributed by atoms with Gasteiger partial charge in [-0.05, 0) is 6.42 Å². The molecule has 0 N–H and O–H groups in total. The Labute approximate surface area is 67.7 Å². The molecule has 0 radical (unpaired) electrons. The molecule has 0 aromatic carbocycles. The second kappa shape index (κ2) is 3.54. The molecule has 0 amide bonds. The van der Waals surface area contributed by atoms with Crippen LogP contribution >= 0.6 is 0 Å². The molecule has 1 fully saturated rings. The largest absolute Gasteiger partial charge is 0.376 e. The number of hydrogen-bond acceptors (Lipinski definition) is 3. The Morgan fingerprint density at radius 3 is 2.55 bits per heavy atom. The minimum Gasteiger partial charge on any atom is -0.376 e. The van der Waals surface area contributed by atoms with Gasteiger partial charge in [-0.3, -0.25) is 0 Å². The van der Waals surface area contributed by atoms with Crippen molar-refractivity contribution in [2.24, 2.45) is 0 Å². The first-order chi connectivity index (χ1) is 5.14. The smallest absolute Gasteiger partial charge is 0.155 e. The molecule has 0 aromatic heterocycles. The van der Waals surface area contributed by atoms with Crippen LogP contribution in [0.5, 0.6) is 0 Å². The first-order valence-corrected chi connectivity index (χ1v) is 5.78. The van der Waals surface area contributed by atoms with E-state index in [-0.39, 0.29) is 17.6 Å². The highest BCUT2D eigenvalue weighted by Gasteiger charge is 2.33.